The molecule has 0 atom stereocenters. The maximum atomic E-state index is 11.6. The number of methoxy groups -OCH3 is 1. The number of nitrogens with zero attached hydrogens (tertiary/aromatic N) is 3. The maximum absolute atomic E-state index is 11.6. The van der Waals surface area contributed by atoms with Crippen LogP contribution in [0.4, 0.5) is 0 Å². The number of ether oxygens (including phenoxy) is 1. The summed E-state index contributed by atoms with van der Waals surface area (Å²) in [5.74, 6) is 0.655. The summed E-state index contributed by atoms with van der Waals surface area (Å²) in [6.45, 7) is 0.171. The molecule has 1 amide bonds. The third-order valence-electron chi connectivity index (χ3n) is 2.95. The number of phenols is 1. The molecule has 0 saturated carbocycles. The van der Waals surface area contributed by atoms with Gasteiger partial charge in [-0.05, 0) is 12.1 Å². The number of benzene rings is 1. The van der Waals surface area contributed by atoms with Gasteiger partial charge in [0.15, 0.2) is 0 Å². The van der Waals surface area contributed by atoms with Gasteiger partial charge in [-0.3, -0.25) is 9.48 Å². The molecule has 20 heavy (non-hydrogen) atoms. The van der Waals surface area contributed by atoms with E-state index in [1.165, 1.54) is 11.0 Å². The van der Waals surface area contributed by atoms with E-state index in [1.807, 2.05) is 0 Å². The lowest BCUT2D eigenvalue weighted by molar-refractivity contribution is -0.129. The van der Waals surface area contributed by atoms with Gasteiger partial charge in [0.1, 0.15) is 18.0 Å². The molecule has 1 aromatic carbocycles. The molecule has 0 radical (unpaired) electrons. The molecule has 2 aromatic rings. The van der Waals surface area contributed by atoms with Gasteiger partial charge in [0.25, 0.3) is 0 Å². The highest BCUT2D eigenvalue weighted by molar-refractivity contribution is 5.75. The van der Waals surface area contributed by atoms with E-state index in [4.69, 9.17) is 4.74 Å². The minimum atomic E-state index is -0.0430. The number of hydrogen-bond donors (Lipinski definition) is 1. The van der Waals surface area contributed by atoms with Gasteiger partial charge < -0.3 is 14.7 Å². The Morgan fingerprint density at radius 2 is 2.20 bits per heavy atom. The molecule has 1 N–H and O–H groups in total. The van der Waals surface area contributed by atoms with E-state index in [0.717, 1.165) is 5.56 Å². The molecule has 0 unspecified atom stereocenters. The van der Waals surface area contributed by atoms with Crippen molar-refractivity contribution in [2.24, 2.45) is 0 Å². The van der Waals surface area contributed by atoms with Crippen molar-refractivity contribution >= 4 is 5.91 Å². The van der Waals surface area contributed by atoms with Gasteiger partial charge in [0, 0.05) is 37.5 Å². The predicted molar refractivity (Wildman–Crippen MR) is 74.6 cm³/mol. The fourth-order valence-electron chi connectivity index (χ4n) is 1.75. The molecule has 0 aliphatic carbocycles. The second-order valence-electron chi connectivity index (χ2n) is 4.60. The van der Waals surface area contributed by atoms with Crippen molar-refractivity contribution in [2.75, 3.05) is 21.2 Å². The van der Waals surface area contributed by atoms with Gasteiger partial charge in [0.2, 0.25) is 5.91 Å². The Hall–Kier alpha value is -2.50. The van der Waals surface area contributed by atoms with E-state index in [1.54, 1.807) is 50.4 Å². The average Bonchev–Trinajstić information content (AvgIpc) is 2.86. The second-order valence-corrected chi connectivity index (χ2v) is 4.60. The molecule has 0 spiro atoms. The second kappa shape index (κ2) is 5.64. The number of aromatic hydroxyl groups is 1. The molecule has 0 saturated heterocycles. The third kappa shape index (κ3) is 2.90. The first-order valence-corrected chi connectivity index (χ1v) is 6.11. The number of aromatic nitrogens is 2. The topological polar surface area (TPSA) is 67.6 Å². The largest absolute Gasteiger partial charge is 0.507 e. The maximum Gasteiger partial charge on any atom is 0.243 e. The fraction of sp³-hybridized carbons (Fsp3) is 0.286. The molecule has 6 nitrogen and oxygen atoms in total. The molecule has 6 heteroatoms. The lowest BCUT2D eigenvalue weighted by Crippen LogP contribution is -2.26. The Balaban J connectivity index is 2.22. The lowest BCUT2D eigenvalue weighted by atomic mass is 10.1. The van der Waals surface area contributed by atoms with Gasteiger partial charge in [-0.2, -0.15) is 5.10 Å². The number of carbonyl (C=O) groups is 1. The highest BCUT2D eigenvalue weighted by Gasteiger charge is 2.10. The first kappa shape index (κ1) is 13.9. The smallest absolute Gasteiger partial charge is 0.243 e. The van der Waals surface area contributed by atoms with Crippen LogP contribution in [0.5, 0.6) is 11.5 Å². The Morgan fingerprint density at radius 3 is 2.80 bits per heavy atom. The van der Waals surface area contributed by atoms with Crippen molar-refractivity contribution in [1.29, 1.82) is 0 Å². The van der Waals surface area contributed by atoms with E-state index in [0.29, 0.717) is 11.3 Å². The summed E-state index contributed by atoms with van der Waals surface area (Å²) in [5.41, 5.74) is 1.39. The van der Waals surface area contributed by atoms with Crippen molar-refractivity contribution in [3.8, 4) is 22.6 Å². The van der Waals surface area contributed by atoms with Crippen LogP contribution in [0.2, 0.25) is 0 Å². The van der Waals surface area contributed by atoms with Crippen LogP contribution >= 0.6 is 0 Å². The fourth-order valence-corrected chi connectivity index (χ4v) is 1.75. The molecule has 1 heterocycles. The molecule has 0 aliphatic heterocycles. The summed E-state index contributed by atoms with van der Waals surface area (Å²) >= 11 is 0. The SMILES string of the molecule is COc1ccc(-c2cnn(CC(=O)N(C)C)c2)c(O)c1. The van der Waals surface area contributed by atoms with Crippen molar-refractivity contribution in [1.82, 2.24) is 14.7 Å². The Morgan fingerprint density at radius 1 is 1.45 bits per heavy atom. The van der Waals surface area contributed by atoms with Crippen molar-refractivity contribution in [2.45, 2.75) is 6.54 Å². The molecular weight excluding hydrogens is 258 g/mol. The molecule has 0 fully saturated rings. The molecular formula is C14H17N3O3. The number of rotatable bonds is 4. The lowest BCUT2D eigenvalue weighted by Gasteiger charge is -2.09. The highest BCUT2D eigenvalue weighted by Crippen LogP contribution is 2.31. The van der Waals surface area contributed by atoms with Crippen molar-refractivity contribution in [3.05, 3.63) is 30.6 Å². The van der Waals surface area contributed by atoms with Gasteiger partial charge in [0.05, 0.1) is 13.3 Å². The van der Waals surface area contributed by atoms with Crippen molar-refractivity contribution < 1.29 is 14.6 Å². The molecule has 1 aromatic heterocycles. The Labute approximate surface area is 117 Å². The van der Waals surface area contributed by atoms with Crippen LogP contribution in [0.3, 0.4) is 0 Å². The van der Waals surface area contributed by atoms with Crippen molar-refractivity contribution in [3.63, 3.8) is 0 Å². The van der Waals surface area contributed by atoms with Crippen LogP contribution in [0.15, 0.2) is 30.6 Å². The van der Waals surface area contributed by atoms with E-state index in [2.05, 4.69) is 5.10 Å². The van der Waals surface area contributed by atoms with Crippen LogP contribution in [0, 0.1) is 0 Å². The highest BCUT2D eigenvalue weighted by atomic mass is 16.5. The minimum Gasteiger partial charge on any atom is -0.507 e. The number of likely N-dealkylation sites (N-methyl/N-ethyl adjacent to an activating group) is 1. The minimum absolute atomic E-state index is 0.0430. The monoisotopic (exact) mass is 275 g/mol. The number of hydrogen-bond acceptors (Lipinski definition) is 4. The van der Waals surface area contributed by atoms with E-state index >= 15 is 0 Å². The molecule has 0 aliphatic rings. The normalized spacial score (nSPS) is 10.3. The van der Waals surface area contributed by atoms with Gasteiger partial charge >= 0.3 is 0 Å². The number of carbonyl (C=O) groups excluding carboxylic acids is 1. The third-order valence-corrected chi connectivity index (χ3v) is 2.95. The van der Waals surface area contributed by atoms with Gasteiger partial charge in [-0.15, -0.1) is 0 Å². The summed E-state index contributed by atoms with van der Waals surface area (Å²) in [4.78, 5) is 13.1. The molecule has 2 rings (SSSR count). The van der Waals surface area contributed by atoms with Gasteiger partial charge in [-0.25, -0.2) is 0 Å². The standard InChI is InChI=1S/C14H17N3O3/c1-16(2)14(19)9-17-8-10(7-15-17)12-5-4-11(20-3)6-13(12)18/h4-8,18H,9H2,1-3H3. The van der Waals surface area contributed by atoms with Crippen LogP contribution in [-0.2, 0) is 11.3 Å². The summed E-state index contributed by atoms with van der Waals surface area (Å²) < 4.78 is 6.58. The molecule has 106 valence electrons. The zero-order valence-electron chi connectivity index (χ0n) is 11.7. The zero-order chi connectivity index (χ0) is 14.7. The summed E-state index contributed by atoms with van der Waals surface area (Å²) in [6.07, 6.45) is 3.34. The number of phenolic OH excluding ortho intramolecular Hbond substituents is 1. The predicted octanol–water partition coefficient (Wildman–Crippen LogP) is 1.35. The first-order chi connectivity index (χ1) is 9.51. The Kier molecular flexibility index (Phi) is 3.93. The van der Waals surface area contributed by atoms with E-state index in [9.17, 15) is 9.90 Å². The summed E-state index contributed by atoms with van der Waals surface area (Å²) in [7, 11) is 4.93. The Bertz CT molecular complexity index is 620. The van der Waals surface area contributed by atoms with Crippen LogP contribution in [-0.4, -0.2) is 46.9 Å². The van der Waals surface area contributed by atoms with Crippen LogP contribution < -0.4 is 4.74 Å². The molecule has 0 bridgehead atoms. The van der Waals surface area contributed by atoms with Gasteiger partial charge in [-0.1, -0.05) is 0 Å². The quantitative estimate of drug-likeness (QED) is 0.914. The number of amides is 1. The van der Waals surface area contributed by atoms with Crippen LogP contribution in [0.25, 0.3) is 11.1 Å². The summed E-state index contributed by atoms with van der Waals surface area (Å²) in [5, 5.41) is 14.1. The summed E-state index contributed by atoms with van der Waals surface area (Å²) in [6, 6.07) is 5.05. The average molecular weight is 275 g/mol. The van der Waals surface area contributed by atoms with E-state index < -0.39 is 0 Å². The first-order valence-electron chi connectivity index (χ1n) is 6.11. The van der Waals surface area contributed by atoms with Crippen LogP contribution in [0.1, 0.15) is 0 Å². The zero-order valence-corrected chi connectivity index (χ0v) is 11.7. The van der Waals surface area contributed by atoms with E-state index in [-0.39, 0.29) is 18.2 Å².